The lowest BCUT2D eigenvalue weighted by atomic mass is 10.1. The van der Waals surface area contributed by atoms with Crippen LogP contribution >= 0.6 is 24.0 Å². The van der Waals surface area contributed by atoms with Crippen molar-refractivity contribution in [2.45, 2.75) is 58.8 Å². The minimum Gasteiger partial charge on any atom is -0.379 e. The van der Waals surface area contributed by atoms with Crippen molar-refractivity contribution in [3.8, 4) is 0 Å². The molecule has 2 fully saturated rings. The number of nitrogens with one attached hydrogen (secondary N) is 1. The van der Waals surface area contributed by atoms with E-state index in [-0.39, 0.29) is 11.5 Å². The molecule has 2 aromatic rings. The molecule has 2 aliphatic rings. The van der Waals surface area contributed by atoms with Gasteiger partial charge in [-0.3, -0.25) is 23.8 Å². The van der Waals surface area contributed by atoms with Crippen LogP contribution in [0.25, 0.3) is 11.7 Å². The minimum atomic E-state index is -0.199. The van der Waals surface area contributed by atoms with Gasteiger partial charge in [0.2, 0.25) is 0 Å². The molecule has 4 rings (SSSR count). The van der Waals surface area contributed by atoms with Gasteiger partial charge in [-0.2, -0.15) is 0 Å². The molecule has 2 aromatic heterocycles. The SMILES string of the molecule is CCCCCCCCN1C(=O)/C(=C\c2c(NCCCN3CCOCC3)nc3c(C)cccn3c2=O)SC1=S. The van der Waals surface area contributed by atoms with Crippen LogP contribution in [0.3, 0.4) is 0 Å². The van der Waals surface area contributed by atoms with E-state index in [0.29, 0.717) is 39.3 Å². The van der Waals surface area contributed by atoms with E-state index in [0.717, 1.165) is 57.7 Å². The van der Waals surface area contributed by atoms with Gasteiger partial charge in [0.15, 0.2) is 0 Å². The molecule has 2 aliphatic heterocycles. The number of morpholine rings is 1. The number of pyridine rings is 1. The van der Waals surface area contributed by atoms with E-state index in [1.54, 1.807) is 21.6 Å². The topological polar surface area (TPSA) is 79.2 Å². The predicted molar refractivity (Wildman–Crippen MR) is 160 cm³/mol. The number of rotatable bonds is 13. The number of amides is 1. The summed E-state index contributed by atoms with van der Waals surface area (Å²) in [7, 11) is 0. The Bertz CT molecular complexity index is 1220. The number of hydrogen-bond acceptors (Lipinski definition) is 8. The lowest BCUT2D eigenvalue weighted by Gasteiger charge is -2.26. The van der Waals surface area contributed by atoms with E-state index in [4.69, 9.17) is 21.9 Å². The van der Waals surface area contributed by atoms with Gasteiger partial charge in [0.1, 0.15) is 15.8 Å². The van der Waals surface area contributed by atoms with Crippen LogP contribution in [0.1, 0.15) is 63.0 Å². The fourth-order valence-corrected chi connectivity index (χ4v) is 6.08. The second kappa shape index (κ2) is 14.2. The predicted octanol–water partition coefficient (Wildman–Crippen LogP) is 4.70. The van der Waals surface area contributed by atoms with Gasteiger partial charge in [0, 0.05) is 32.4 Å². The lowest BCUT2D eigenvalue weighted by Crippen LogP contribution is -2.37. The molecule has 1 amide bonds. The third-order valence-electron chi connectivity index (χ3n) is 7.02. The minimum absolute atomic E-state index is 0.124. The van der Waals surface area contributed by atoms with E-state index in [9.17, 15) is 9.59 Å². The number of carbonyl (C=O) groups is 1. The highest BCUT2D eigenvalue weighted by molar-refractivity contribution is 8.26. The first-order chi connectivity index (χ1) is 18.5. The maximum absolute atomic E-state index is 13.6. The molecular weight excluding hydrogens is 518 g/mol. The van der Waals surface area contributed by atoms with Crippen molar-refractivity contribution in [2.75, 3.05) is 51.3 Å². The van der Waals surface area contributed by atoms with Gasteiger partial charge in [-0.05, 0) is 44.0 Å². The van der Waals surface area contributed by atoms with Crippen molar-refractivity contribution in [2.24, 2.45) is 0 Å². The molecule has 0 spiro atoms. The zero-order valence-corrected chi connectivity index (χ0v) is 24.2. The first kappa shape index (κ1) is 28.7. The van der Waals surface area contributed by atoms with Gasteiger partial charge < -0.3 is 10.1 Å². The van der Waals surface area contributed by atoms with Crippen molar-refractivity contribution >= 4 is 51.7 Å². The van der Waals surface area contributed by atoms with Gasteiger partial charge in [0.25, 0.3) is 11.5 Å². The zero-order chi connectivity index (χ0) is 26.9. The fourth-order valence-electron chi connectivity index (χ4n) is 4.78. The van der Waals surface area contributed by atoms with Crippen LogP contribution in [0.2, 0.25) is 0 Å². The van der Waals surface area contributed by atoms with Gasteiger partial charge >= 0.3 is 0 Å². The quantitative estimate of drug-likeness (QED) is 0.216. The average Bonchev–Trinajstić information content (AvgIpc) is 3.19. The van der Waals surface area contributed by atoms with E-state index >= 15 is 0 Å². The Balaban J connectivity index is 1.51. The summed E-state index contributed by atoms with van der Waals surface area (Å²) in [5.41, 5.74) is 1.72. The highest BCUT2D eigenvalue weighted by Crippen LogP contribution is 2.33. The molecule has 4 heterocycles. The number of carbonyl (C=O) groups excluding carboxylic acids is 1. The van der Waals surface area contributed by atoms with Crippen LogP contribution in [0.4, 0.5) is 5.82 Å². The Labute approximate surface area is 234 Å². The highest BCUT2D eigenvalue weighted by atomic mass is 32.2. The number of thioether (sulfide) groups is 1. The number of thiocarbonyl (C=S) groups is 1. The smallest absolute Gasteiger partial charge is 0.267 e. The fraction of sp³-hybridized carbons (Fsp3) is 0.571. The first-order valence-corrected chi connectivity index (χ1v) is 15.0. The van der Waals surface area contributed by atoms with Crippen LogP contribution in [0.5, 0.6) is 0 Å². The Morgan fingerprint density at radius 2 is 1.87 bits per heavy atom. The molecule has 2 saturated heterocycles. The third-order valence-corrected chi connectivity index (χ3v) is 8.39. The molecule has 0 unspecified atom stereocenters. The summed E-state index contributed by atoms with van der Waals surface area (Å²) >= 11 is 6.81. The highest BCUT2D eigenvalue weighted by Gasteiger charge is 2.32. The largest absolute Gasteiger partial charge is 0.379 e. The number of ether oxygens (including phenoxy) is 1. The van der Waals surface area contributed by atoms with Crippen molar-refractivity contribution < 1.29 is 9.53 Å². The molecule has 0 aliphatic carbocycles. The summed E-state index contributed by atoms with van der Waals surface area (Å²) in [5, 5.41) is 3.39. The molecule has 38 heavy (non-hydrogen) atoms. The van der Waals surface area contributed by atoms with Crippen LogP contribution in [0.15, 0.2) is 28.0 Å². The zero-order valence-electron chi connectivity index (χ0n) is 22.5. The van der Waals surface area contributed by atoms with Crippen LogP contribution in [-0.2, 0) is 9.53 Å². The van der Waals surface area contributed by atoms with E-state index in [2.05, 4.69) is 17.1 Å². The van der Waals surface area contributed by atoms with E-state index < -0.39 is 0 Å². The van der Waals surface area contributed by atoms with Crippen molar-refractivity contribution in [3.05, 3.63) is 44.7 Å². The maximum atomic E-state index is 13.6. The number of unbranched alkanes of at least 4 members (excludes halogenated alkanes) is 5. The number of aryl methyl sites for hydroxylation is 1. The summed E-state index contributed by atoms with van der Waals surface area (Å²) in [4.78, 5) is 36.2. The number of anilines is 1. The Morgan fingerprint density at radius 1 is 1.11 bits per heavy atom. The van der Waals surface area contributed by atoms with E-state index in [1.165, 1.54) is 37.4 Å². The van der Waals surface area contributed by atoms with Crippen molar-refractivity contribution in [3.63, 3.8) is 0 Å². The van der Waals surface area contributed by atoms with Crippen molar-refractivity contribution in [1.82, 2.24) is 19.2 Å². The molecule has 0 radical (unpaired) electrons. The molecule has 0 bridgehead atoms. The molecule has 0 aromatic carbocycles. The number of hydrogen-bond donors (Lipinski definition) is 1. The molecule has 206 valence electrons. The third kappa shape index (κ3) is 7.22. The van der Waals surface area contributed by atoms with Crippen LogP contribution < -0.4 is 10.9 Å². The van der Waals surface area contributed by atoms with Gasteiger partial charge in [-0.1, -0.05) is 69.1 Å². The number of nitrogens with zero attached hydrogens (tertiary/aromatic N) is 4. The molecule has 0 atom stereocenters. The Morgan fingerprint density at radius 3 is 2.66 bits per heavy atom. The Hall–Kier alpha value is -2.27. The standard InChI is InChI=1S/C28H39N5O3S2/c1-3-4-5-6-7-8-14-33-27(35)23(38-28(33)37)20-22-24(29-12-10-13-31-16-18-36-19-17-31)30-25-21(2)11-9-15-32(25)26(22)34/h9,11,15,20,29H,3-8,10,12-14,16-19H2,1-2H3/b23-20+. The Kier molecular flexibility index (Phi) is 10.7. The monoisotopic (exact) mass is 557 g/mol. The second-order valence-corrected chi connectivity index (χ2v) is 11.6. The molecule has 0 saturated carbocycles. The van der Waals surface area contributed by atoms with Gasteiger partial charge in [-0.15, -0.1) is 0 Å². The summed E-state index contributed by atoms with van der Waals surface area (Å²) < 4.78 is 7.54. The summed E-state index contributed by atoms with van der Waals surface area (Å²) in [6.07, 6.45) is 11.2. The van der Waals surface area contributed by atoms with Gasteiger partial charge in [0.05, 0.1) is 23.7 Å². The number of aromatic nitrogens is 2. The number of fused-ring (bicyclic) bond motifs is 1. The summed E-state index contributed by atoms with van der Waals surface area (Å²) in [5.74, 6) is 0.382. The van der Waals surface area contributed by atoms with Crippen LogP contribution in [-0.4, -0.2) is 75.3 Å². The van der Waals surface area contributed by atoms with Crippen LogP contribution in [0, 0.1) is 6.92 Å². The average molecular weight is 558 g/mol. The molecular formula is C28H39N5O3S2. The van der Waals surface area contributed by atoms with E-state index in [1.807, 2.05) is 19.1 Å². The van der Waals surface area contributed by atoms with Crippen molar-refractivity contribution in [1.29, 1.82) is 0 Å². The maximum Gasteiger partial charge on any atom is 0.267 e. The molecule has 10 heteroatoms. The normalized spacial score (nSPS) is 17.7. The summed E-state index contributed by atoms with van der Waals surface area (Å²) in [6, 6.07) is 3.78. The lowest BCUT2D eigenvalue weighted by molar-refractivity contribution is -0.122. The molecule has 1 N–H and O–H groups in total. The van der Waals surface area contributed by atoms with Gasteiger partial charge in [-0.25, -0.2) is 4.98 Å². The first-order valence-electron chi connectivity index (χ1n) is 13.8. The summed E-state index contributed by atoms with van der Waals surface area (Å²) in [6.45, 7) is 9.83. The second-order valence-electron chi connectivity index (χ2n) is 9.90. The molecule has 8 nitrogen and oxygen atoms in total.